The van der Waals surface area contributed by atoms with E-state index in [-0.39, 0.29) is 29.8 Å². The fourth-order valence-electron chi connectivity index (χ4n) is 8.17. The third-order valence-electron chi connectivity index (χ3n) is 11.7. The predicted molar refractivity (Wildman–Crippen MR) is 240 cm³/mol. The first-order valence-electron chi connectivity index (χ1n) is 21.5. The van der Waals surface area contributed by atoms with Crippen molar-refractivity contribution in [2.45, 2.75) is 71.9 Å². The van der Waals surface area contributed by atoms with Crippen LogP contribution in [0.2, 0.25) is 0 Å². The van der Waals surface area contributed by atoms with Gasteiger partial charge in [0.15, 0.2) is 0 Å². The van der Waals surface area contributed by atoms with Gasteiger partial charge in [0.1, 0.15) is 12.0 Å². The Morgan fingerprint density at radius 2 is 1.83 bits per heavy atom. The van der Waals surface area contributed by atoms with Crippen molar-refractivity contribution < 1.29 is 24.0 Å². The number of rotatable bonds is 14. The number of anilines is 3. The Morgan fingerprint density at radius 3 is 2.54 bits per heavy atom. The molecule has 4 amide bonds. The van der Waals surface area contributed by atoms with E-state index in [1.807, 2.05) is 83.3 Å². The summed E-state index contributed by atoms with van der Waals surface area (Å²) in [4.78, 5) is 62.4. The number of urea groups is 1. The van der Waals surface area contributed by atoms with E-state index in [1.165, 1.54) is 6.33 Å². The standard InChI is InChI=1S/C46H54N12O5/c1-27-20-33(8-11-38(27)58-19-14-39(60)54-45(58)62)57-17-12-29(13-18-57)23-47-15-16-48-32-7-10-36(49-24-32)37-22-35-40(50-26-51-41(35)53-37)30-6-9-34(31(21-30)25-59)28(2)52-43(61)42-55-44(63-56-42)46(3,4)5/h6-11,20-22,24,26,28-29,47-48,59H,12-19,23,25H2,1-5H3,(H,52,61)(H,50,51,53)(H,54,60,62)/t28-/m1/s1. The number of H-pyrrole nitrogens is 1. The van der Waals surface area contributed by atoms with E-state index in [1.54, 1.807) is 4.90 Å². The summed E-state index contributed by atoms with van der Waals surface area (Å²) < 4.78 is 5.29. The van der Waals surface area contributed by atoms with Crippen molar-refractivity contribution in [3.8, 4) is 22.6 Å². The number of fused-ring (bicyclic) bond motifs is 1. The van der Waals surface area contributed by atoms with Gasteiger partial charge in [-0.3, -0.25) is 24.8 Å². The Hall–Kier alpha value is -6.72. The van der Waals surface area contributed by atoms with Gasteiger partial charge in [0.25, 0.3) is 11.7 Å². The molecule has 2 aliphatic heterocycles. The molecule has 63 heavy (non-hydrogen) atoms. The summed E-state index contributed by atoms with van der Waals surface area (Å²) in [5.41, 5.74) is 8.69. The van der Waals surface area contributed by atoms with Crippen molar-refractivity contribution >= 4 is 45.9 Å². The van der Waals surface area contributed by atoms with Crippen molar-refractivity contribution in [2.75, 3.05) is 54.4 Å². The van der Waals surface area contributed by atoms with Gasteiger partial charge in [-0.1, -0.05) is 38.1 Å². The summed E-state index contributed by atoms with van der Waals surface area (Å²) in [6, 6.07) is 17.1. The first kappa shape index (κ1) is 42.9. The van der Waals surface area contributed by atoms with Crippen LogP contribution in [0, 0.1) is 12.8 Å². The van der Waals surface area contributed by atoms with Crippen LogP contribution in [0.25, 0.3) is 33.7 Å². The third-order valence-corrected chi connectivity index (χ3v) is 11.7. The molecule has 0 unspecified atom stereocenters. The summed E-state index contributed by atoms with van der Waals surface area (Å²) in [5.74, 6) is 0.240. The molecular formula is C46H54N12O5. The maximum Gasteiger partial charge on any atom is 0.328 e. The minimum absolute atomic E-state index is 0.0425. The molecule has 0 aliphatic carbocycles. The number of aliphatic hydroxyl groups is 1. The molecule has 4 aromatic heterocycles. The zero-order valence-corrected chi connectivity index (χ0v) is 36.3. The Morgan fingerprint density at radius 1 is 1.00 bits per heavy atom. The number of imide groups is 1. The Labute approximate surface area is 365 Å². The number of piperidine rings is 1. The van der Waals surface area contributed by atoms with Gasteiger partial charge >= 0.3 is 6.03 Å². The fourth-order valence-corrected chi connectivity index (χ4v) is 8.17. The number of benzene rings is 2. The summed E-state index contributed by atoms with van der Waals surface area (Å²) in [6.45, 7) is 14.3. The number of aliphatic hydroxyl groups excluding tert-OH is 1. The van der Waals surface area contributed by atoms with Crippen LogP contribution in [0.4, 0.5) is 21.9 Å². The number of aromatic nitrogens is 6. The molecule has 2 aromatic carbocycles. The molecular weight excluding hydrogens is 801 g/mol. The highest BCUT2D eigenvalue weighted by Crippen LogP contribution is 2.33. The smallest absolute Gasteiger partial charge is 0.328 e. The van der Waals surface area contributed by atoms with Crippen molar-refractivity contribution in [3.05, 3.63) is 95.5 Å². The maximum absolute atomic E-state index is 12.9. The highest BCUT2D eigenvalue weighted by Gasteiger charge is 2.28. The van der Waals surface area contributed by atoms with Gasteiger partial charge in [-0.2, -0.15) is 4.98 Å². The molecule has 0 spiro atoms. The minimum atomic E-state index is -0.467. The zero-order valence-electron chi connectivity index (χ0n) is 36.3. The van der Waals surface area contributed by atoms with E-state index in [2.05, 4.69) is 63.4 Å². The lowest BCUT2D eigenvalue weighted by Crippen LogP contribution is -2.49. The van der Waals surface area contributed by atoms with E-state index < -0.39 is 11.9 Å². The first-order valence-corrected chi connectivity index (χ1v) is 21.5. The number of hydrogen-bond donors (Lipinski definition) is 6. The summed E-state index contributed by atoms with van der Waals surface area (Å²) in [7, 11) is 0. The summed E-state index contributed by atoms with van der Waals surface area (Å²) in [5, 5.41) is 27.4. The SMILES string of the molecule is Cc1cc(N2CCC(CNCCNc3ccc(-c4cc5c(-c6ccc([C@@H](C)NC(=O)c7noc(C(C)(C)C)n7)c(CO)c6)ncnc5[nH]4)nc3)CC2)ccc1N1CCC(=O)NC1=O. The number of carbonyl (C=O) groups excluding carboxylic acids is 3. The highest BCUT2D eigenvalue weighted by atomic mass is 16.5. The summed E-state index contributed by atoms with van der Waals surface area (Å²) >= 11 is 0. The van der Waals surface area contributed by atoms with E-state index >= 15 is 0 Å². The molecule has 0 radical (unpaired) electrons. The van der Waals surface area contributed by atoms with Crippen LogP contribution in [0.15, 0.2) is 71.6 Å². The van der Waals surface area contributed by atoms with Gasteiger partial charge in [0.2, 0.25) is 11.8 Å². The van der Waals surface area contributed by atoms with Crippen molar-refractivity contribution in [2.24, 2.45) is 5.92 Å². The van der Waals surface area contributed by atoms with Crippen molar-refractivity contribution in [1.82, 2.24) is 46.0 Å². The average Bonchev–Trinajstić information content (AvgIpc) is 3.96. The molecule has 328 valence electrons. The predicted octanol–water partition coefficient (Wildman–Crippen LogP) is 6.02. The van der Waals surface area contributed by atoms with Gasteiger partial charge in [-0.25, -0.2) is 14.8 Å². The van der Waals surface area contributed by atoms with Crippen LogP contribution < -0.4 is 31.1 Å². The van der Waals surface area contributed by atoms with Crippen molar-refractivity contribution in [1.29, 1.82) is 0 Å². The Kier molecular flexibility index (Phi) is 12.5. The van der Waals surface area contributed by atoms with Gasteiger partial charge in [-0.05, 0) is 98.3 Å². The number of aromatic amines is 1. The average molecular weight is 855 g/mol. The molecule has 1 atom stereocenters. The molecule has 2 fully saturated rings. The molecule has 0 saturated carbocycles. The largest absolute Gasteiger partial charge is 0.392 e. The molecule has 6 aromatic rings. The van der Waals surface area contributed by atoms with Gasteiger partial charge in [0.05, 0.1) is 41.6 Å². The second-order valence-corrected chi connectivity index (χ2v) is 17.3. The highest BCUT2D eigenvalue weighted by molar-refractivity contribution is 6.06. The number of hydrogen-bond acceptors (Lipinski definition) is 13. The Bertz CT molecular complexity index is 2610. The van der Waals surface area contributed by atoms with Crippen LogP contribution >= 0.6 is 0 Å². The molecule has 17 nitrogen and oxygen atoms in total. The van der Waals surface area contributed by atoms with Gasteiger partial charge in [-0.15, -0.1) is 0 Å². The fraction of sp³-hybridized carbons (Fsp3) is 0.391. The molecule has 6 N–H and O–H groups in total. The van der Waals surface area contributed by atoms with Crippen LogP contribution in [0.5, 0.6) is 0 Å². The van der Waals surface area contributed by atoms with Crippen molar-refractivity contribution in [3.63, 3.8) is 0 Å². The number of carbonyl (C=O) groups is 3. The summed E-state index contributed by atoms with van der Waals surface area (Å²) in [6.07, 6.45) is 5.85. The minimum Gasteiger partial charge on any atom is -0.392 e. The van der Waals surface area contributed by atoms with E-state index in [0.717, 1.165) is 96.1 Å². The lowest BCUT2D eigenvalue weighted by molar-refractivity contribution is -0.120. The number of aryl methyl sites for hydroxylation is 1. The zero-order chi connectivity index (χ0) is 44.3. The van der Waals surface area contributed by atoms with Crippen LogP contribution in [0.1, 0.15) is 86.2 Å². The van der Waals surface area contributed by atoms with E-state index in [0.29, 0.717) is 41.7 Å². The number of nitrogens with one attached hydrogen (secondary N) is 5. The number of amides is 4. The van der Waals surface area contributed by atoms with Crippen LogP contribution in [-0.2, 0) is 16.8 Å². The molecule has 17 heteroatoms. The number of pyridine rings is 1. The van der Waals surface area contributed by atoms with Crippen LogP contribution in [-0.4, -0.2) is 92.3 Å². The monoisotopic (exact) mass is 854 g/mol. The lowest BCUT2D eigenvalue weighted by atomic mass is 9.96. The maximum atomic E-state index is 12.9. The molecule has 0 bridgehead atoms. The Balaban J connectivity index is 0.810. The first-order chi connectivity index (χ1) is 30.3. The van der Waals surface area contributed by atoms with Gasteiger partial charge < -0.3 is 35.5 Å². The molecule has 2 saturated heterocycles. The molecule has 8 rings (SSSR count). The second-order valence-electron chi connectivity index (χ2n) is 17.3. The molecule has 6 heterocycles. The molecule has 2 aliphatic rings. The topological polar surface area (TPSA) is 219 Å². The normalized spacial score (nSPS) is 15.5. The lowest BCUT2D eigenvalue weighted by Gasteiger charge is -2.34. The second kappa shape index (κ2) is 18.3. The third kappa shape index (κ3) is 9.69. The number of nitrogens with zero attached hydrogens (tertiary/aromatic N) is 7. The van der Waals surface area contributed by atoms with Gasteiger partial charge in [0, 0.05) is 66.9 Å². The van der Waals surface area contributed by atoms with E-state index in [4.69, 9.17) is 9.51 Å². The quantitative estimate of drug-likeness (QED) is 0.0691. The van der Waals surface area contributed by atoms with E-state index in [9.17, 15) is 19.5 Å². The van der Waals surface area contributed by atoms with Crippen LogP contribution in [0.3, 0.4) is 0 Å².